The second-order valence-corrected chi connectivity index (χ2v) is 5.78. The van der Waals surface area contributed by atoms with Crippen molar-refractivity contribution in [1.29, 1.82) is 0 Å². The van der Waals surface area contributed by atoms with Crippen molar-refractivity contribution in [2.24, 2.45) is 0 Å². The summed E-state index contributed by atoms with van der Waals surface area (Å²) in [5, 5.41) is 28.5. The number of hydrogen-bond acceptors (Lipinski definition) is 4. The summed E-state index contributed by atoms with van der Waals surface area (Å²) < 4.78 is 1.75. The van der Waals surface area contributed by atoms with E-state index in [1.165, 1.54) is 12.1 Å². The van der Waals surface area contributed by atoms with Crippen molar-refractivity contribution in [2.45, 2.75) is 32.2 Å². The molecule has 0 amide bonds. The molecule has 0 bridgehead atoms. The lowest BCUT2D eigenvalue weighted by molar-refractivity contribution is 0.0697. The number of aliphatic hydroxyl groups excluding tert-OH is 2. The van der Waals surface area contributed by atoms with Crippen LogP contribution in [0.3, 0.4) is 0 Å². The molecule has 0 aliphatic rings. The SMILES string of the molecule is CC(C)c1nc2ccc(C(=O)O)cc2n1C(C)(CO)CO. The third-order valence-corrected chi connectivity index (χ3v) is 3.66. The van der Waals surface area contributed by atoms with E-state index in [1.54, 1.807) is 17.6 Å². The minimum Gasteiger partial charge on any atom is -0.478 e. The zero-order valence-corrected chi connectivity index (χ0v) is 12.4. The van der Waals surface area contributed by atoms with Gasteiger partial charge in [-0.25, -0.2) is 9.78 Å². The zero-order valence-electron chi connectivity index (χ0n) is 12.4. The van der Waals surface area contributed by atoms with Crippen molar-refractivity contribution in [2.75, 3.05) is 13.2 Å². The fourth-order valence-corrected chi connectivity index (χ4v) is 2.37. The van der Waals surface area contributed by atoms with Gasteiger partial charge in [-0.05, 0) is 25.1 Å². The van der Waals surface area contributed by atoms with E-state index in [-0.39, 0.29) is 24.7 Å². The number of aromatic carboxylic acids is 1. The average Bonchev–Trinajstić information content (AvgIpc) is 2.85. The Morgan fingerprint density at radius 1 is 1.33 bits per heavy atom. The van der Waals surface area contributed by atoms with Crippen LogP contribution in [-0.4, -0.2) is 44.1 Å². The van der Waals surface area contributed by atoms with Crippen molar-refractivity contribution in [3.63, 3.8) is 0 Å². The predicted molar refractivity (Wildman–Crippen MR) is 78.6 cm³/mol. The van der Waals surface area contributed by atoms with Gasteiger partial charge in [-0.3, -0.25) is 0 Å². The summed E-state index contributed by atoms with van der Waals surface area (Å²) >= 11 is 0. The van der Waals surface area contributed by atoms with Gasteiger partial charge in [-0.2, -0.15) is 0 Å². The molecule has 1 aromatic carbocycles. The fraction of sp³-hybridized carbons (Fsp3) is 0.467. The highest BCUT2D eigenvalue weighted by molar-refractivity contribution is 5.92. The Bertz CT molecular complexity index is 672. The molecule has 1 aromatic heterocycles. The maximum absolute atomic E-state index is 11.2. The maximum Gasteiger partial charge on any atom is 0.335 e. The van der Waals surface area contributed by atoms with Crippen molar-refractivity contribution in [3.05, 3.63) is 29.6 Å². The Morgan fingerprint density at radius 3 is 2.43 bits per heavy atom. The van der Waals surface area contributed by atoms with Gasteiger partial charge in [0.05, 0.1) is 35.3 Å². The van der Waals surface area contributed by atoms with Crippen LogP contribution in [0.4, 0.5) is 0 Å². The molecule has 21 heavy (non-hydrogen) atoms. The minimum atomic E-state index is -1.02. The summed E-state index contributed by atoms with van der Waals surface area (Å²) in [6.45, 7) is 5.10. The molecule has 0 saturated heterocycles. The molecule has 0 saturated carbocycles. The highest BCUT2D eigenvalue weighted by Gasteiger charge is 2.30. The molecule has 6 heteroatoms. The van der Waals surface area contributed by atoms with E-state index in [9.17, 15) is 15.0 Å². The van der Waals surface area contributed by atoms with Crippen LogP contribution in [0, 0.1) is 0 Å². The van der Waals surface area contributed by atoms with Crippen LogP contribution in [0.5, 0.6) is 0 Å². The molecule has 114 valence electrons. The van der Waals surface area contributed by atoms with Crippen LogP contribution in [-0.2, 0) is 5.54 Å². The number of nitrogens with zero attached hydrogens (tertiary/aromatic N) is 2. The molecule has 0 radical (unpaired) electrons. The van der Waals surface area contributed by atoms with Gasteiger partial charge in [0, 0.05) is 5.92 Å². The van der Waals surface area contributed by atoms with Gasteiger partial charge in [0.1, 0.15) is 5.82 Å². The van der Waals surface area contributed by atoms with E-state index in [4.69, 9.17) is 5.11 Å². The number of fused-ring (bicyclic) bond motifs is 1. The van der Waals surface area contributed by atoms with Gasteiger partial charge in [-0.1, -0.05) is 13.8 Å². The lowest BCUT2D eigenvalue weighted by atomic mass is 10.0. The number of carbonyl (C=O) groups is 1. The summed E-state index contributed by atoms with van der Waals surface area (Å²) in [6, 6.07) is 4.68. The van der Waals surface area contributed by atoms with E-state index in [0.717, 1.165) is 0 Å². The number of rotatable bonds is 5. The number of benzene rings is 1. The quantitative estimate of drug-likeness (QED) is 0.777. The number of imidazole rings is 1. The summed E-state index contributed by atoms with van der Waals surface area (Å²) in [5.74, 6) is -0.244. The van der Waals surface area contributed by atoms with Gasteiger partial charge in [0.25, 0.3) is 0 Å². The lowest BCUT2D eigenvalue weighted by Crippen LogP contribution is -2.39. The first-order chi connectivity index (χ1) is 9.84. The Hall–Kier alpha value is -1.92. The monoisotopic (exact) mass is 292 g/mol. The standard InChI is InChI=1S/C15H20N2O4/c1-9(2)13-16-11-5-4-10(14(20)21)6-12(11)17(13)15(3,7-18)8-19/h4-6,9,18-19H,7-8H2,1-3H3,(H,20,21). The third-order valence-electron chi connectivity index (χ3n) is 3.66. The molecule has 2 aromatic rings. The number of carboxylic acid groups (broad SMARTS) is 1. The van der Waals surface area contributed by atoms with Gasteiger partial charge >= 0.3 is 5.97 Å². The van der Waals surface area contributed by atoms with Crippen molar-refractivity contribution in [1.82, 2.24) is 9.55 Å². The molecule has 0 unspecified atom stereocenters. The maximum atomic E-state index is 11.2. The van der Waals surface area contributed by atoms with Crippen LogP contribution in [0.25, 0.3) is 11.0 Å². The number of carboxylic acids is 1. The second kappa shape index (κ2) is 5.46. The van der Waals surface area contributed by atoms with Gasteiger partial charge in [0.2, 0.25) is 0 Å². The van der Waals surface area contributed by atoms with Crippen LogP contribution >= 0.6 is 0 Å². The van der Waals surface area contributed by atoms with Crippen LogP contribution in [0.2, 0.25) is 0 Å². The highest BCUT2D eigenvalue weighted by atomic mass is 16.4. The second-order valence-electron chi connectivity index (χ2n) is 5.78. The first-order valence-electron chi connectivity index (χ1n) is 6.82. The first kappa shape index (κ1) is 15.5. The highest BCUT2D eigenvalue weighted by Crippen LogP contribution is 2.29. The molecule has 0 spiro atoms. The average molecular weight is 292 g/mol. The Balaban J connectivity index is 2.82. The van der Waals surface area contributed by atoms with E-state index in [1.807, 2.05) is 13.8 Å². The summed E-state index contributed by atoms with van der Waals surface area (Å²) in [7, 11) is 0. The number of aliphatic hydroxyl groups is 2. The number of aromatic nitrogens is 2. The zero-order chi connectivity index (χ0) is 15.8. The molecule has 6 nitrogen and oxygen atoms in total. The summed E-state index contributed by atoms with van der Waals surface area (Å²) in [5.41, 5.74) is 0.462. The molecule has 2 rings (SSSR count). The molecule has 3 N–H and O–H groups in total. The Labute approximate surface area is 122 Å². The Morgan fingerprint density at radius 2 is 1.95 bits per heavy atom. The van der Waals surface area contributed by atoms with E-state index in [0.29, 0.717) is 16.9 Å². The van der Waals surface area contributed by atoms with Crippen molar-refractivity contribution < 1.29 is 20.1 Å². The molecule has 0 fully saturated rings. The minimum absolute atomic E-state index is 0.0723. The molecule has 0 aliphatic carbocycles. The van der Waals surface area contributed by atoms with Crippen LogP contribution < -0.4 is 0 Å². The van der Waals surface area contributed by atoms with Gasteiger partial charge < -0.3 is 19.9 Å². The fourth-order valence-electron chi connectivity index (χ4n) is 2.37. The Kier molecular flexibility index (Phi) is 4.02. The number of hydrogen-bond donors (Lipinski definition) is 3. The smallest absolute Gasteiger partial charge is 0.335 e. The summed E-state index contributed by atoms with van der Waals surface area (Å²) in [6.07, 6.45) is 0. The van der Waals surface area contributed by atoms with Crippen molar-refractivity contribution >= 4 is 17.0 Å². The van der Waals surface area contributed by atoms with Crippen LogP contribution in [0.1, 0.15) is 42.9 Å². The molecule has 0 aliphatic heterocycles. The third kappa shape index (κ3) is 2.52. The molecule has 1 heterocycles. The van der Waals surface area contributed by atoms with Gasteiger partial charge in [-0.15, -0.1) is 0 Å². The topological polar surface area (TPSA) is 95.6 Å². The van der Waals surface area contributed by atoms with Gasteiger partial charge in [0.15, 0.2) is 0 Å². The largest absolute Gasteiger partial charge is 0.478 e. The first-order valence-corrected chi connectivity index (χ1v) is 6.82. The predicted octanol–water partition coefficient (Wildman–Crippen LogP) is 1.56. The van der Waals surface area contributed by atoms with Crippen LogP contribution in [0.15, 0.2) is 18.2 Å². The molecular weight excluding hydrogens is 272 g/mol. The molecular formula is C15H20N2O4. The summed E-state index contributed by atoms with van der Waals surface area (Å²) in [4.78, 5) is 15.7. The van der Waals surface area contributed by atoms with Crippen molar-refractivity contribution in [3.8, 4) is 0 Å². The lowest BCUT2D eigenvalue weighted by Gasteiger charge is -2.30. The van der Waals surface area contributed by atoms with E-state index >= 15 is 0 Å². The normalized spacial score (nSPS) is 12.3. The van der Waals surface area contributed by atoms with E-state index < -0.39 is 11.5 Å². The molecule has 0 atom stereocenters. The van der Waals surface area contributed by atoms with E-state index in [2.05, 4.69) is 4.98 Å².